The molecule has 0 fully saturated rings. The van der Waals surface area contributed by atoms with E-state index in [0.29, 0.717) is 22.3 Å². The molecule has 0 spiro atoms. The van der Waals surface area contributed by atoms with Gasteiger partial charge in [0, 0.05) is 76.5 Å². The number of benzene rings is 2. The number of thioether (sulfide) groups is 2. The van der Waals surface area contributed by atoms with Crippen molar-refractivity contribution < 1.29 is 39.7 Å². The second kappa shape index (κ2) is 16.5. The first-order valence-electron chi connectivity index (χ1n) is 15.8. The SMILES string of the molecule is CN1c2ccccc2C(=C(SCCCCCC(=O)On2c(O)ccc2O)SCCCCCC(=O)On2c(O)ccc2O)c2ccccc21. The third-order valence-corrected chi connectivity index (χ3v) is 10.4. The van der Waals surface area contributed by atoms with Crippen LogP contribution in [0.25, 0.3) is 5.57 Å². The van der Waals surface area contributed by atoms with Gasteiger partial charge in [-0.25, -0.2) is 9.59 Å². The Bertz CT molecular complexity index is 1600. The molecule has 2 aromatic heterocycles. The summed E-state index contributed by atoms with van der Waals surface area (Å²) in [7, 11) is 2.09. The molecular formula is C35H39N3O8S2. The molecule has 1 aliphatic heterocycles. The Morgan fingerprint density at radius 3 is 1.40 bits per heavy atom. The van der Waals surface area contributed by atoms with Crippen molar-refractivity contribution in [3.05, 3.63) is 88.2 Å². The highest BCUT2D eigenvalue weighted by Crippen LogP contribution is 2.49. The molecule has 11 nitrogen and oxygen atoms in total. The minimum absolute atomic E-state index is 0.165. The number of para-hydroxylation sites is 2. The second-order valence-electron chi connectivity index (χ2n) is 11.2. The molecular weight excluding hydrogens is 655 g/mol. The van der Waals surface area contributed by atoms with Crippen molar-refractivity contribution in [1.82, 2.24) is 9.46 Å². The summed E-state index contributed by atoms with van der Waals surface area (Å²) in [5, 5.41) is 38.7. The van der Waals surface area contributed by atoms with Gasteiger partial charge in [-0.3, -0.25) is 0 Å². The molecule has 254 valence electrons. The lowest BCUT2D eigenvalue weighted by Crippen LogP contribution is -2.18. The maximum atomic E-state index is 12.2. The van der Waals surface area contributed by atoms with Gasteiger partial charge < -0.3 is 35.0 Å². The van der Waals surface area contributed by atoms with Crippen LogP contribution < -0.4 is 14.6 Å². The van der Waals surface area contributed by atoms with Gasteiger partial charge in [0.25, 0.3) is 0 Å². The molecule has 5 rings (SSSR count). The van der Waals surface area contributed by atoms with Crippen LogP contribution in [0.3, 0.4) is 0 Å². The van der Waals surface area contributed by atoms with E-state index in [2.05, 4.69) is 60.5 Å². The molecule has 0 aliphatic carbocycles. The fraction of sp³-hybridized carbons (Fsp3) is 0.314. The van der Waals surface area contributed by atoms with Crippen molar-refractivity contribution in [1.29, 1.82) is 0 Å². The van der Waals surface area contributed by atoms with Gasteiger partial charge in [-0.2, -0.15) is 0 Å². The van der Waals surface area contributed by atoms with Crippen LogP contribution >= 0.6 is 23.5 Å². The minimum Gasteiger partial charge on any atom is -0.492 e. The van der Waals surface area contributed by atoms with Gasteiger partial charge in [0.2, 0.25) is 23.5 Å². The van der Waals surface area contributed by atoms with E-state index in [9.17, 15) is 30.0 Å². The van der Waals surface area contributed by atoms with Gasteiger partial charge in [0.1, 0.15) is 0 Å². The fourth-order valence-electron chi connectivity index (χ4n) is 5.35. The van der Waals surface area contributed by atoms with Crippen LogP contribution in [0.4, 0.5) is 11.4 Å². The highest BCUT2D eigenvalue weighted by atomic mass is 32.2. The molecule has 0 amide bonds. The highest BCUT2D eigenvalue weighted by Gasteiger charge is 2.26. The summed E-state index contributed by atoms with van der Waals surface area (Å²) in [6, 6.07) is 21.8. The largest absolute Gasteiger partial charge is 0.492 e. The number of hydrogen-bond acceptors (Lipinski definition) is 11. The van der Waals surface area contributed by atoms with E-state index in [1.807, 2.05) is 23.5 Å². The van der Waals surface area contributed by atoms with Crippen LogP contribution in [-0.4, -0.2) is 60.4 Å². The van der Waals surface area contributed by atoms with Crippen molar-refractivity contribution in [3.63, 3.8) is 0 Å². The lowest BCUT2D eigenvalue weighted by atomic mass is 9.92. The Morgan fingerprint density at radius 2 is 0.979 bits per heavy atom. The Morgan fingerprint density at radius 1 is 0.583 bits per heavy atom. The zero-order valence-corrected chi connectivity index (χ0v) is 28.2. The lowest BCUT2D eigenvalue weighted by Gasteiger charge is -2.33. The molecule has 4 N–H and O–H groups in total. The molecule has 2 aromatic carbocycles. The van der Waals surface area contributed by atoms with E-state index in [-0.39, 0.29) is 36.4 Å². The van der Waals surface area contributed by atoms with Gasteiger partial charge in [0.05, 0.1) is 0 Å². The number of unbranched alkanes of at least 4 members (excludes halogenated alkanes) is 4. The Hall–Kier alpha value is -4.62. The number of carbonyl (C=O) groups is 2. The maximum Gasteiger partial charge on any atom is 0.333 e. The number of carbonyl (C=O) groups excluding carboxylic acids is 2. The van der Waals surface area contributed by atoms with Gasteiger partial charge in [0.15, 0.2) is 0 Å². The summed E-state index contributed by atoms with van der Waals surface area (Å²) in [6.07, 6.45) is 4.94. The van der Waals surface area contributed by atoms with Gasteiger partial charge in [-0.05, 0) is 49.3 Å². The van der Waals surface area contributed by atoms with Gasteiger partial charge in [-0.1, -0.05) is 49.2 Å². The molecule has 0 radical (unpaired) electrons. The first kappa shape index (κ1) is 34.7. The zero-order chi connectivity index (χ0) is 34.0. The quantitative estimate of drug-likeness (QED) is 0.0919. The van der Waals surface area contributed by atoms with E-state index >= 15 is 0 Å². The van der Waals surface area contributed by atoms with Crippen molar-refractivity contribution in [2.45, 2.75) is 51.4 Å². The molecule has 3 heterocycles. The standard InChI is InChI=1S/C35H39N3O8S2/c1-36-26-14-8-6-12-24(26)34(25-13-7-9-15-27(25)36)35(47-22-10-2-4-16-32(43)45-37-28(39)18-19-29(37)40)48-23-11-3-5-17-33(44)46-38-30(41)20-21-31(38)42/h6-9,12-15,18-21,39-42H,2-5,10-11,16-17,22-23H2,1H3. The van der Waals surface area contributed by atoms with Crippen molar-refractivity contribution in [3.8, 4) is 23.5 Å². The molecule has 4 aromatic rings. The maximum absolute atomic E-state index is 12.2. The number of hydrogen-bond donors (Lipinski definition) is 4. The first-order chi connectivity index (χ1) is 23.2. The van der Waals surface area contributed by atoms with E-state index in [1.165, 1.54) is 45.2 Å². The summed E-state index contributed by atoms with van der Waals surface area (Å²) < 4.78 is 2.63. The first-order valence-corrected chi connectivity index (χ1v) is 17.8. The number of nitrogens with zero attached hydrogens (tertiary/aromatic N) is 3. The van der Waals surface area contributed by atoms with E-state index in [0.717, 1.165) is 48.6 Å². The van der Waals surface area contributed by atoms with Crippen LogP contribution in [0.15, 0.2) is 77.0 Å². The summed E-state index contributed by atoms with van der Waals surface area (Å²) in [5.41, 5.74) is 5.83. The van der Waals surface area contributed by atoms with Crippen molar-refractivity contribution >= 4 is 52.4 Å². The van der Waals surface area contributed by atoms with E-state index in [4.69, 9.17) is 9.68 Å². The monoisotopic (exact) mass is 693 g/mol. The fourth-order valence-corrected chi connectivity index (χ4v) is 7.98. The summed E-state index contributed by atoms with van der Waals surface area (Å²) in [4.78, 5) is 36.7. The van der Waals surface area contributed by atoms with Crippen LogP contribution in [0.2, 0.25) is 0 Å². The van der Waals surface area contributed by atoms with Crippen molar-refractivity contribution in [2.75, 3.05) is 23.5 Å². The van der Waals surface area contributed by atoms with Crippen molar-refractivity contribution in [2.24, 2.45) is 0 Å². The average molecular weight is 694 g/mol. The predicted molar refractivity (Wildman–Crippen MR) is 188 cm³/mol. The molecule has 13 heteroatoms. The number of rotatable bonds is 16. The highest BCUT2D eigenvalue weighted by molar-refractivity contribution is 8.22. The topological polar surface area (TPSA) is 147 Å². The summed E-state index contributed by atoms with van der Waals surface area (Å²) >= 11 is 3.62. The van der Waals surface area contributed by atoms with Gasteiger partial charge >= 0.3 is 11.9 Å². The smallest absolute Gasteiger partial charge is 0.333 e. The van der Waals surface area contributed by atoms with E-state index in [1.54, 1.807) is 0 Å². The van der Waals surface area contributed by atoms with Crippen LogP contribution in [0.1, 0.15) is 62.5 Å². The van der Waals surface area contributed by atoms with Crippen LogP contribution in [0, 0.1) is 0 Å². The third kappa shape index (κ3) is 8.45. The molecule has 1 aliphatic rings. The van der Waals surface area contributed by atoms with Crippen LogP contribution in [-0.2, 0) is 9.59 Å². The molecule has 0 bridgehead atoms. The average Bonchev–Trinajstić information content (AvgIpc) is 3.57. The number of anilines is 2. The molecule has 0 atom stereocenters. The van der Waals surface area contributed by atoms with Gasteiger partial charge in [-0.15, -0.1) is 33.0 Å². The number of aromatic nitrogens is 2. The molecule has 0 unspecified atom stereocenters. The number of aromatic hydroxyl groups is 4. The minimum atomic E-state index is -0.531. The predicted octanol–water partition coefficient (Wildman–Crippen LogP) is 6.81. The van der Waals surface area contributed by atoms with Crippen LogP contribution in [0.5, 0.6) is 23.5 Å². The third-order valence-electron chi connectivity index (χ3n) is 7.77. The molecule has 0 saturated carbocycles. The summed E-state index contributed by atoms with van der Waals surface area (Å²) in [5.74, 6) is -0.727. The molecule has 0 saturated heterocycles. The second-order valence-corrected chi connectivity index (χ2v) is 13.7. The Kier molecular flexibility index (Phi) is 11.9. The van der Waals surface area contributed by atoms with E-state index < -0.39 is 11.9 Å². The zero-order valence-electron chi connectivity index (χ0n) is 26.6. The molecule has 48 heavy (non-hydrogen) atoms. The number of fused-ring (bicyclic) bond motifs is 2. The Labute approximate surface area is 287 Å². The summed E-state index contributed by atoms with van der Waals surface area (Å²) in [6.45, 7) is 0. The lowest BCUT2D eigenvalue weighted by molar-refractivity contribution is -0.146. The normalized spacial score (nSPS) is 12.0. The Balaban J connectivity index is 1.19.